The highest BCUT2D eigenvalue weighted by Crippen LogP contribution is 2.45. The first kappa shape index (κ1) is 13.6. The minimum absolute atomic E-state index is 0.0717. The van der Waals surface area contributed by atoms with E-state index in [1.807, 2.05) is 0 Å². The summed E-state index contributed by atoms with van der Waals surface area (Å²) in [5.41, 5.74) is 2.25. The molecule has 1 heterocycles. The molecule has 0 bridgehead atoms. The monoisotopic (exact) mass is 272 g/mol. The van der Waals surface area contributed by atoms with Crippen molar-refractivity contribution >= 4 is 5.91 Å². The summed E-state index contributed by atoms with van der Waals surface area (Å²) >= 11 is 0. The van der Waals surface area contributed by atoms with Crippen molar-refractivity contribution in [1.82, 2.24) is 10.2 Å². The molecule has 1 aromatic rings. The van der Waals surface area contributed by atoms with Gasteiger partial charge in [-0.3, -0.25) is 10.1 Å². The zero-order chi connectivity index (χ0) is 14.2. The van der Waals surface area contributed by atoms with Gasteiger partial charge in [-0.05, 0) is 31.7 Å². The highest BCUT2D eigenvalue weighted by atomic mass is 16.2. The average molecular weight is 272 g/mol. The predicted molar refractivity (Wildman–Crippen MR) is 80.3 cm³/mol. The van der Waals surface area contributed by atoms with E-state index in [4.69, 9.17) is 0 Å². The Labute approximate surface area is 121 Å². The van der Waals surface area contributed by atoms with Crippen LogP contribution < -0.4 is 5.32 Å². The first-order valence-electron chi connectivity index (χ1n) is 7.82. The topological polar surface area (TPSA) is 32.3 Å². The number of benzene rings is 1. The Balaban J connectivity index is 1.79. The second-order valence-electron chi connectivity index (χ2n) is 6.25. The zero-order valence-electron chi connectivity index (χ0n) is 12.5. The third-order valence-corrected chi connectivity index (χ3v) is 4.54. The maximum atomic E-state index is 12.6. The maximum Gasteiger partial charge on any atom is 0.244 e. The molecule has 0 aromatic heterocycles. The molecule has 1 aliphatic carbocycles. The Kier molecular flexibility index (Phi) is 3.55. The van der Waals surface area contributed by atoms with E-state index in [1.165, 1.54) is 24.0 Å². The summed E-state index contributed by atoms with van der Waals surface area (Å²) in [7, 11) is 0. The molecule has 0 radical (unpaired) electrons. The van der Waals surface area contributed by atoms with Gasteiger partial charge >= 0.3 is 0 Å². The fraction of sp³-hybridized carbons (Fsp3) is 0.588. The van der Waals surface area contributed by atoms with Gasteiger partial charge in [-0.25, -0.2) is 0 Å². The van der Waals surface area contributed by atoms with Gasteiger partial charge in [0.15, 0.2) is 0 Å². The van der Waals surface area contributed by atoms with E-state index in [0.29, 0.717) is 5.91 Å². The number of nitrogens with zero attached hydrogens (tertiary/aromatic N) is 1. The van der Waals surface area contributed by atoms with Gasteiger partial charge in [0.25, 0.3) is 0 Å². The molecule has 1 unspecified atom stereocenters. The van der Waals surface area contributed by atoms with Crippen molar-refractivity contribution in [2.24, 2.45) is 0 Å². The lowest BCUT2D eigenvalue weighted by atomic mass is 10.1. The standard InChI is InChI=1S/C17H24N2O/c1-3-4-5-12-19-15(14-8-6-13(2)7-9-14)18-17(10-11-17)16(19)20/h6-9,15,18H,3-5,10-12H2,1-2H3. The van der Waals surface area contributed by atoms with Crippen molar-refractivity contribution in [2.45, 2.75) is 57.7 Å². The van der Waals surface area contributed by atoms with Gasteiger partial charge in [0.05, 0.1) is 0 Å². The summed E-state index contributed by atoms with van der Waals surface area (Å²) in [6.07, 6.45) is 5.55. The van der Waals surface area contributed by atoms with E-state index in [0.717, 1.165) is 25.8 Å². The van der Waals surface area contributed by atoms with E-state index in [9.17, 15) is 4.79 Å². The fourth-order valence-electron chi connectivity index (χ4n) is 3.05. The Morgan fingerprint density at radius 2 is 1.95 bits per heavy atom. The molecule has 108 valence electrons. The van der Waals surface area contributed by atoms with Gasteiger partial charge in [-0.15, -0.1) is 0 Å². The summed E-state index contributed by atoms with van der Waals surface area (Å²) < 4.78 is 0. The minimum Gasteiger partial charge on any atom is -0.321 e. The molecule has 1 amide bonds. The normalized spacial score (nSPS) is 23.6. The summed E-state index contributed by atoms with van der Waals surface area (Å²) in [5.74, 6) is 0.319. The lowest BCUT2D eigenvalue weighted by molar-refractivity contribution is -0.130. The van der Waals surface area contributed by atoms with E-state index in [2.05, 4.69) is 48.3 Å². The van der Waals surface area contributed by atoms with Crippen LogP contribution in [0.3, 0.4) is 0 Å². The number of rotatable bonds is 5. The van der Waals surface area contributed by atoms with Crippen LogP contribution in [-0.2, 0) is 4.79 Å². The Hall–Kier alpha value is -1.35. The molecule has 1 N–H and O–H groups in total. The number of nitrogens with one attached hydrogen (secondary N) is 1. The first-order valence-corrected chi connectivity index (χ1v) is 7.82. The average Bonchev–Trinajstić information content (AvgIpc) is 3.18. The molecule has 1 atom stereocenters. The number of aryl methyl sites for hydroxylation is 1. The van der Waals surface area contributed by atoms with Crippen molar-refractivity contribution in [3.8, 4) is 0 Å². The maximum absolute atomic E-state index is 12.6. The Morgan fingerprint density at radius 3 is 2.55 bits per heavy atom. The predicted octanol–water partition coefficient (Wildman–Crippen LogP) is 3.15. The molecule has 3 nitrogen and oxygen atoms in total. The van der Waals surface area contributed by atoms with Crippen molar-refractivity contribution < 1.29 is 4.79 Å². The molecular formula is C17H24N2O. The van der Waals surface area contributed by atoms with E-state index >= 15 is 0 Å². The van der Waals surface area contributed by atoms with Gasteiger partial charge in [-0.1, -0.05) is 49.6 Å². The van der Waals surface area contributed by atoms with Gasteiger partial charge in [0.1, 0.15) is 11.7 Å². The number of hydrogen-bond donors (Lipinski definition) is 1. The van der Waals surface area contributed by atoms with Crippen molar-refractivity contribution in [2.75, 3.05) is 6.54 Å². The van der Waals surface area contributed by atoms with E-state index in [1.54, 1.807) is 0 Å². The van der Waals surface area contributed by atoms with Gasteiger partial charge in [-0.2, -0.15) is 0 Å². The summed E-state index contributed by atoms with van der Waals surface area (Å²) in [6, 6.07) is 8.55. The zero-order valence-corrected chi connectivity index (χ0v) is 12.5. The molecule has 1 aromatic carbocycles. The van der Waals surface area contributed by atoms with Crippen LogP contribution in [0.2, 0.25) is 0 Å². The molecular weight excluding hydrogens is 248 g/mol. The fourth-order valence-corrected chi connectivity index (χ4v) is 3.05. The van der Waals surface area contributed by atoms with Crippen LogP contribution in [0.25, 0.3) is 0 Å². The smallest absolute Gasteiger partial charge is 0.244 e. The lowest BCUT2D eigenvalue weighted by Gasteiger charge is -2.24. The molecule has 1 saturated heterocycles. The van der Waals surface area contributed by atoms with Crippen LogP contribution >= 0.6 is 0 Å². The lowest BCUT2D eigenvalue weighted by Crippen LogP contribution is -2.33. The quantitative estimate of drug-likeness (QED) is 0.835. The van der Waals surface area contributed by atoms with Crippen LogP contribution in [0.15, 0.2) is 24.3 Å². The SMILES string of the molecule is CCCCCN1C(=O)C2(CC2)NC1c1ccc(C)cc1. The second kappa shape index (κ2) is 5.21. The van der Waals surface area contributed by atoms with Crippen LogP contribution in [0.4, 0.5) is 0 Å². The summed E-state index contributed by atoms with van der Waals surface area (Å²) in [6.45, 7) is 5.17. The van der Waals surface area contributed by atoms with E-state index in [-0.39, 0.29) is 11.7 Å². The number of amides is 1. The molecule has 2 fully saturated rings. The minimum atomic E-state index is -0.220. The molecule has 20 heavy (non-hydrogen) atoms. The van der Waals surface area contributed by atoms with Crippen LogP contribution in [0, 0.1) is 6.92 Å². The van der Waals surface area contributed by atoms with E-state index < -0.39 is 0 Å². The van der Waals surface area contributed by atoms with Crippen molar-refractivity contribution in [3.05, 3.63) is 35.4 Å². The first-order chi connectivity index (χ1) is 9.66. The molecule has 1 aliphatic heterocycles. The Bertz CT molecular complexity index is 490. The Morgan fingerprint density at radius 1 is 1.25 bits per heavy atom. The van der Waals surface area contributed by atoms with Crippen molar-refractivity contribution in [3.63, 3.8) is 0 Å². The number of carbonyl (C=O) groups is 1. The van der Waals surface area contributed by atoms with Crippen molar-refractivity contribution in [1.29, 1.82) is 0 Å². The molecule has 1 saturated carbocycles. The van der Waals surface area contributed by atoms with Gasteiger partial charge in [0, 0.05) is 6.54 Å². The molecule has 2 aliphatic rings. The highest BCUT2D eigenvalue weighted by Gasteiger charge is 2.59. The molecule has 1 spiro atoms. The molecule has 3 rings (SSSR count). The highest BCUT2D eigenvalue weighted by molar-refractivity contribution is 5.92. The second-order valence-corrected chi connectivity index (χ2v) is 6.25. The summed E-state index contributed by atoms with van der Waals surface area (Å²) in [4.78, 5) is 14.7. The number of unbranched alkanes of at least 4 members (excludes halogenated alkanes) is 2. The summed E-state index contributed by atoms with van der Waals surface area (Å²) in [5, 5.41) is 3.58. The number of hydrogen-bond acceptors (Lipinski definition) is 2. The van der Waals surface area contributed by atoms with Gasteiger partial charge in [0.2, 0.25) is 5.91 Å². The third kappa shape index (κ3) is 2.35. The van der Waals surface area contributed by atoms with Gasteiger partial charge < -0.3 is 4.90 Å². The van der Waals surface area contributed by atoms with Crippen LogP contribution in [0.1, 0.15) is 56.3 Å². The largest absolute Gasteiger partial charge is 0.321 e. The number of carbonyl (C=O) groups excluding carboxylic acids is 1. The van der Waals surface area contributed by atoms with Crippen LogP contribution in [0.5, 0.6) is 0 Å². The molecule has 3 heteroatoms. The van der Waals surface area contributed by atoms with Crippen LogP contribution in [-0.4, -0.2) is 22.9 Å². The third-order valence-electron chi connectivity index (χ3n) is 4.54.